The molecular weight excluding hydrogens is 316 g/mol. The molecule has 1 saturated carbocycles. The molecule has 0 bridgehead atoms. The van der Waals surface area contributed by atoms with Crippen LogP contribution in [-0.4, -0.2) is 44.9 Å². The van der Waals surface area contributed by atoms with E-state index in [-0.39, 0.29) is 11.8 Å². The summed E-state index contributed by atoms with van der Waals surface area (Å²) in [6, 6.07) is 3.79. The zero-order chi connectivity index (χ0) is 17.4. The fraction of sp³-hybridized carbons (Fsp3) is 0.579. The molecule has 2 aliphatic rings. The van der Waals surface area contributed by atoms with Gasteiger partial charge in [-0.05, 0) is 37.8 Å². The molecule has 0 N–H and O–H groups in total. The first-order chi connectivity index (χ1) is 12.2. The Labute approximate surface area is 148 Å². The van der Waals surface area contributed by atoms with Gasteiger partial charge in [0.05, 0.1) is 18.5 Å². The lowest BCUT2D eigenvalue weighted by molar-refractivity contribution is 0.0638. The zero-order valence-electron chi connectivity index (χ0n) is 15.0. The third kappa shape index (κ3) is 3.23. The lowest BCUT2D eigenvalue weighted by atomic mass is 9.96. The summed E-state index contributed by atoms with van der Waals surface area (Å²) < 4.78 is 9.78. The number of rotatable bonds is 6. The van der Waals surface area contributed by atoms with Crippen molar-refractivity contribution < 1.29 is 9.53 Å². The Hall–Kier alpha value is -2.08. The van der Waals surface area contributed by atoms with E-state index in [2.05, 4.69) is 9.78 Å². The second-order valence-corrected chi connectivity index (χ2v) is 7.23. The molecule has 6 heteroatoms. The molecule has 1 unspecified atom stereocenters. The number of carbonyl (C=O) groups is 1. The fourth-order valence-corrected chi connectivity index (χ4v) is 3.73. The quantitative estimate of drug-likeness (QED) is 0.810. The van der Waals surface area contributed by atoms with E-state index < -0.39 is 0 Å². The summed E-state index contributed by atoms with van der Waals surface area (Å²) in [7, 11) is 1.91. The van der Waals surface area contributed by atoms with E-state index in [0.29, 0.717) is 26.3 Å². The van der Waals surface area contributed by atoms with Crippen LogP contribution in [0.5, 0.6) is 0 Å². The molecule has 0 aromatic carbocycles. The summed E-state index contributed by atoms with van der Waals surface area (Å²) in [4.78, 5) is 14.9. The number of hydrogen-bond donors (Lipinski definition) is 0. The molecule has 6 nitrogen and oxygen atoms in total. The van der Waals surface area contributed by atoms with E-state index in [1.165, 1.54) is 24.1 Å². The topological polar surface area (TPSA) is 52.3 Å². The third-order valence-electron chi connectivity index (χ3n) is 5.25. The van der Waals surface area contributed by atoms with Gasteiger partial charge in [-0.1, -0.05) is 0 Å². The van der Waals surface area contributed by atoms with Crippen molar-refractivity contribution >= 4 is 5.91 Å². The Morgan fingerprint density at radius 1 is 1.40 bits per heavy atom. The average molecular weight is 342 g/mol. The van der Waals surface area contributed by atoms with Crippen molar-refractivity contribution in [3.05, 3.63) is 41.5 Å². The van der Waals surface area contributed by atoms with Crippen LogP contribution in [0.25, 0.3) is 0 Å². The number of ether oxygens (including phenoxy) is 1. The second-order valence-electron chi connectivity index (χ2n) is 7.23. The predicted molar refractivity (Wildman–Crippen MR) is 94.3 cm³/mol. The van der Waals surface area contributed by atoms with Gasteiger partial charge in [-0.3, -0.25) is 9.48 Å². The van der Waals surface area contributed by atoms with Crippen LogP contribution in [0.2, 0.25) is 0 Å². The molecule has 0 radical (unpaired) electrons. The number of aryl methyl sites for hydroxylation is 1. The minimum absolute atomic E-state index is 0.0783. The SMILES string of the molecule is CCOCC1CN(C(=O)c2cccn2C)Cc2cnn(CC3CC3)c21. The Morgan fingerprint density at radius 3 is 2.92 bits per heavy atom. The Morgan fingerprint density at radius 2 is 2.24 bits per heavy atom. The molecule has 2 aromatic heterocycles. The Kier molecular flexibility index (Phi) is 4.37. The summed E-state index contributed by atoms with van der Waals surface area (Å²) in [5.74, 6) is 1.04. The first-order valence-corrected chi connectivity index (χ1v) is 9.20. The maximum absolute atomic E-state index is 12.9. The highest BCUT2D eigenvalue weighted by molar-refractivity contribution is 5.93. The number of hydrogen-bond acceptors (Lipinski definition) is 3. The minimum Gasteiger partial charge on any atom is -0.381 e. The molecule has 25 heavy (non-hydrogen) atoms. The van der Waals surface area contributed by atoms with Gasteiger partial charge in [0.15, 0.2) is 0 Å². The van der Waals surface area contributed by atoms with E-state index in [4.69, 9.17) is 4.74 Å². The van der Waals surface area contributed by atoms with Crippen LogP contribution in [0.15, 0.2) is 24.5 Å². The van der Waals surface area contributed by atoms with Crippen LogP contribution >= 0.6 is 0 Å². The molecular formula is C19H26N4O2. The van der Waals surface area contributed by atoms with Crippen molar-refractivity contribution in [2.45, 2.75) is 38.8 Å². The molecule has 3 heterocycles. The molecule has 1 atom stereocenters. The lowest BCUT2D eigenvalue weighted by Crippen LogP contribution is -2.40. The van der Waals surface area contributed by atoms with E-state index in [1.54, 1.807) is 0 Å². The first kappa shape index (κ1) is 16.4. The van der Waals surface area contributed by atoms with E-state index in [0.717, 1.165) is 18.2 Å². The highest BCUT2D eigenvalue weighted by atomic mass is 16.5. The van der Waals surface area contributed by atoms with Gasteiger partial charge in [-0.15, -0.1) is 0 Å². The summed E-state index contributed by atoms with van der Waals surface area (Å²) in [5.41, 5.74) is 3.17. The van der Waals surface area contributed by atoms with Gasteiger partial charge >= 0.3 is 0 Å². The smallest absolute Gasteiger partial charge is 0.270 e. The van der Waals surface area contributed by atoms with Crippen molar-refractivity contribution in [2.75, 3.05) is 19.8 Å². The monoisotopic (exact) mass is 342 g/mol. The highest BCUT2D eigenvalue weighted by Gasteiger charge is 2.34. The molecule has 1 fully saturated rings. The Balaban J connectivity index is 1.60. The molecule has 1 aliphatic carbocycles. The van der Waals surface area contributed by atoms with Gasteiger partial charge in [-0.25, -0.2) is 0 Å². The van der Waals surface area contributed by atoms with E-state index in [9.17, 15) is 4.79 Å². The minimum atomic E-state index is 0.0783. The van der Waals surface area contributed by atoms with Crippen molar-refractivity contribution in [3.8, 4) is 0 Å². The molecule has 1 aliphatic heterocycles. The van der Waals surface area contributed by atoms with Gasteiger partial charge < -0.3 is 14.2 Å². The van der Waals surface area contributed by atoms with Crippen molar-refractivity contribution in [1.82, 2.24) is 19.2 Å². The van der Waals surface area contributed by atoms with Crippen molar-refractivity contribution in [3.63, 3.8) is 0 Å². The van der Waals surface area contributed by atoms with Crippen LogP contribution in [0.1, 0.15) is 47.4 Å². The number of aromatic nitrogens is 3. The number of amides is 1. The van der Waals surface area contributed by atoms with Crippen LogP contribution in [0.4, 0.5) is 0 Å². The summed E-state index contributed by atoms with van der Waals surface area (Å²) in [6.07, 6.45) is 6.47. The summed E-state index contributed by atoms with van der Waals surface area (Å²) >= 11 is 0. The second kappa shape index (κ2) is 6.67. The van der Waals surface area contributed by atoms with E-state index in [1.807, 2.05) is 48.0 Å². The van der Waals surface area contributed by atoms with Gasteiger partial charge in [-0.2, -0.15) is 5.10 Å². The summed E-state index contributed by atoms with van der Waals surface area (Å²) in [5, 5.41) is 4.63. The molecule has 134 valence electrons. The zero-order valence-corrected chi connectivity index (χ0v) is 15.0. The third-order valence-corrected chi connectivity index (χ3v) is 5.25. The molecule has 0 saturated heterocycles. The number of carbonyl (C=O) groups excluding carboxylic acids is 1. The van der Waals surface area contributed by atoms with Crippen LogP contribution < -0.4 is 0 Å². The predicted octanol–water partition coefficient (Wildman–Crippen LogP) is 2.41. The number of nitrogens with zero attached hydrogens (tertiary/aromatic N) is 4. The van der Waals surface area contributed by atoms with Crippen molar-refractivity contribution in [1.29, 1.82) is 0 Å². The molecule has 4 rings (SSSR count). The van der Waals surface area contributed by atoms with Crippen LogP contribution in [-0.2, 0) is 24.9 Å². The highest BCUT2D eigenvalue weighted by Crippen LogP contribution is 2.34. The maximum atomic E-state index is 12.9. The number of fused-ring (bicyclic) bond motifs is 1. The Bertz CT molecular complexity index is 759. The van der Waals surface area contributed by atoms with Crippen LogP contribution in [0.3, 0.4) is 0 Å². The van der Waals surface area contributed by atoms with E-state index >= 15 is 0 Å². The summed E-state index contributed by atoms with van der Waals surface area (Å²) in [6.45, 7) is 5.66. The lowest BCUT2D eigenvalue weighted by Gasteiger charge is -2.33. The standard InChI is InChI=1S/C19H26N4O2/c1-3-25-13-16-12-22(19(24)17-5-4-8-21(17)2)11-15-9-20-23(18(15)16)10-14-6-7-14/h4-5,8-9,14,16H,3,6-7,10-13H2,1-2H3. The van der Waals surface area contributed by atoms with Gasteiger partial charge in [0, 0.05) is 51.0 Å². The fourth-order valence-electron chi connectivity index (χ4n) is 3.73. The normalized spacial score (nSPS) is 19.9. The largest absolute Gasteiger partial charge is 0.381 e. The van der Waals surface area contributed by atoms with Gasteiger partial charge in [0.2, 0.25) is 0 Å². The van der Waals surface area contributed by atoms with Crippen LogP contribution in [0, 0.1) is 5.92 Å². The average Bonchev–Trinajstić information content (AvgIpc) is 3.18. The maximum Gasteiger partial charge on any atom is 0.270 e. The molecule has 1 amide bonds. The van der Waals surface area contributed by atoms with Crippen molar-refractivity contribution in [2.24, 2.45) is 13.0 Å². The molecule has 0 spiro atoms. The van der Waals surface area contributed by atoms with Gasteiger partial charge in [0.1, 0.15) is 5.69 Å². The molecule has 2 aromatic rings. The van der Waals surface area contributed by atoms with Gasteiger partial charge in [0.25, 0.3) is 5.91 Å². The first-order valence-electron chi connectivity index (χ1n) is 9.20.